The van der Waals surface area contributed by atoms with Crippen molar-refractivity contribution in [3.8, 4) is 11.5 Å². The Morgan fingerprint density at radius 1 is 1.07 bits per heavy atom. The molecule has 0 saturated heterocycles. The van der Waals surface area contributed by atoms with Crippen LogP contribution in [0.2, 0.25) is 0 Å². The van der Waals surface area contributed by atoms with Gasteiger partial charge in [-0.05, 0) is 41.5 Å². The molecule has 0 radical (unpaired) electrons. The molecule has 3 aromatic carbocycles. The van der Waals surface area contributed by atoms with E-state index in [-0.39, 0.29) is 5.56 Å². The number of aromatic nitrogens is 2. The minimum Gasteiger partial charge on any atom is -0.478 e. The summed E-state index contributed by atoms with van der Waals surface area (Å²) in [6.45, 7) is 2.42. The van der Waals surface area contributed by atoms with Crippen LogP contribution in [0.4, 0.5) is 0 Å². The molecule has 5 rings (SSSR count). The first-order valence-corrected chi connectivity index (χ1v) is 9.35. The van der Waals surface area contributed by atoms with Gasteiger partial charge in [-0.1, -0.05) is 42.5 Å². The van der Waals surface area contributed by atoms with E-state index in [1.807, 2.05) is 41.8 Å². The first-order chi connectivity index (χ1) is 14.1. The normalized spacial score (nSPS) is 11.3. The number of hydrogen-bond acceptors (Lipinski definition) is 3. The minimum atomic E-state index is -0.938. The fourth-order valence-electron chi connectivity index (χ4n) is 3.75. The number of aryl methyl sites for hydroxylation is 1. The SMILES string of the molecule is Cc1cnc(-c2ccc3c(C(=O)O)cn(Cc4ccc5ccccc5c4)c3c2)o1. The Morgan fingerprint density at radius 2 is 1.90 bits per heavy atom. The first kappa shape index (κ1) is 17.3. The van der Waals surface area contributed by atoms with E-state index in [0.717, 1.165) is 27.8 Å². The quantitative estimate of drug-likeness (QED) is 0.445. The monoisotopic (exact) mass is 382 g/mol. The zero-order valence-corrected chi connectivity index (χ0v) is 15.8. The van der Waals surface area contributed by atoms with Gasteiger partial charge in [0, 0.05) is 29.2 Å². The summed E-state index contributed by atoms with van der Waals surface area (Å²) in [6, 6.07) is 20.1. The third kappa shape index (κ3) is 3.06. The van der Waals surface area contributed by atoms with E-state index in [1.165, 1.54) is 5.39 Å². The van der Waals surface area contributed by atoms with E-state index < -0.39 is 5.97 Å². The van der Waals surface area contributed by atoms with Crippen LogP contribution in [-0.2, 0) is 6.54 Å². The Kier molecular flexibility index (Phi) is 3.95. The number of oxazole rings is 1. The van der Waals surface area contributed by atoms with Crippen LogP contribution in [0.3, 0.4) is 0 Å². The van der Waals surface area contributed by atoms with Crippen molar-refractivity contribution >= 4 is 27.6 Å². The summed E-state index contributed by atoms with van der Waals surface area (Å²) in [5.74, 6) is 0.324. The summed E-state index contributed by atoms with van der Waals surface area (Å²) in [5, 5.41) is 12.7. The van der Waals surface area contributed by atoms with E-state index >= 15 is 0 Å². The molecule has 0 amide bonds. The molecule has 0 aliphatic heterocycles. The molecule has 5 aromatic rings. The summed E-state index contributed by atoms with van der Waals surface area (Å²) in [5.41, 5.74) is 3.05. The number of hydrogen-bond donors (Lipinski definition) is 1. The molecule has 142 valence electrons. The topological polar surface area (TPSA) is 68.3 Å². The number of fused-ring (bicyclic) bond motifs is 2. The van der Waals surface area contributed by atoms with Gasteiger partial charge in [0.2, 0.25) is 5.89 Å². The largest absolute Gasteiger partial charge is 0.478 e. The van der Waals surface area contributed by atoms with E-state index in [4.69, 9.17) is 4.42 Å². The van der Waals surface area contributed by atoms with Crippen LogP contribution in [0.1, 0.15) is 21.7 Å². The lowest BCUT2D eigenvalue weighted by molar-refractivity contribution is 0.0699. The second-order valence-electron chi connectivity index (χ2n) is 7.17. The van der Waals surface area contributed by atoms with Crippen molar-refractivity contribution in [1.29, 1.82) is 0 Å². The van der Waals surface area contributed by atoms with Crippen molar-refractivity contribution in [3.05, 3.63) is 89.9 Å². The average Bonchev–Trinajstić information content (AvgIpc) is 3.31. The molecule has 29 heavy (non-hydrogen) atoms. The molecule has 0 unspecified atom stereocenters. The van der Waals surface area contributed by atoms with Crippen LogP contribution in [0, 0.1) is 6.92 Å². The Morgan fingerprint density at radius 3 is 2.66 bits per heavy atom. The molecule has 0 fully saturated rings. The Hall–Kier alpha value is -3.86. The highest BCUT2D eigenvalue weighted by Crippen LogP contribution is 2.29. The molecular formula is C24H18N2O3. The van der Waals surface area contributed by atoms with Gasteiger partial charge in [-0.25, -0.2) is 9.78 Å². The number of aromatic carboxylic acids is 1. The molecule has 0 atom stereocenters. The van der Waals surface area contributed by atoms with Crippen LogP contribution in [0.15, 0.2) is 77.5 Å². The highest BCUT2D eigenvalue weighted by molar-refractivity contribution is 6.04. The van der Waals surface area contributed by atoms with Gasteiger partial charge >= 0.3 is 5.97 Å². The molecule has 0 saturated carbocycles. The van der Waals surface area contributed by atoms with Crippen molar-refractivity contribution in [2.24, 2.45) is 0 Å². The number of carbonyl (C=O) groups is 1. The number of rotatable bonds is 4. The van der Waals surface area contributed by atoms with Crippen molar-refractivity contribution in [2.45, 2.75) is 13.5 Å². The van der Waals surface area contributed by atoms with Crippen LogP contribution in [0.25, 0.3) is 33.1 Å². The maximum atomic E-state index is 11.8. The van der Waals surface area contributed by atoms with Crippen LogP contribution >= 0.6 is 0 Å². The minimum absolute atomic E-state index is 0.288. The van der Waals surface area contributed by atoms with Gasteiger partial charge in [0.15, 0.2) is 0 Å². The summed E-state index contributed by atoms with van der Waals surface area (Å²) in [6.07, 6.45) is 3.38. The first-order valence-electron chi connectivity index (χ1n) is 9.35. The average molecular weight is 382 g/mol. The highest BCUT2D eigenvalue weighted by atomic mass is 16.4. The molecule has 5 heteroatoms. The predicted molar refractivity (Wildman–Crippen MR) is 112 cm³/mol. The van der Waals surface area contributed by atoms with Gasteiger partial charge < -0.3 is 14.1 Å². The Bertz CT molecular complexity index is 1380. The Labute approximate surface area is 166 Å². The van der Waals surface area contributed by atoms with Gasteiger partial charge in [0.1, 0.15) is 5.76 Å². The van der Waals surface area contributed by atoms with Crippen LogP contribution < -0.4 is 0 Å². The number of carboxylic acids is 1. The van der Waals surface area contributed by atoms with Crippen molar-refractivity contribution in [1.82, 2.24) is 9.55 Å². The molecule has 0 spiro atoms. The predicted octanol–water partition coefficient (Wildman–Crippen LogP) is 5.50. The fraction of sp³-hybridized carbons (Fsp3) is 0.0833. The van der Waals surface area contributed by atoms with Crippen molar-refractivity contribution in [3.63, 3.8) is 0 Å². The molecule has 2 heterocycles. The molecule has 1 N–H and O–H groups in total. The highest BCUT2D eigenvalue weighted by Gasteiger charge is 2.16. The summed E-state index contributed by atoms with van der Waals surface area (Å²) in [7, 11) is 0. The van der Waals surface area contributed by atoms with Gasteiger partial charge in [-0.3, -0.25) is 0 Å². The van der Waals surface area contributed by atoms with Crippen molar-refractivity contribution in [2.75, 3.05) is 0 Å². The van der Waals surface area contributed by atoms with E-state index in [2.05, 4.69) is 35.3 Å². The molecule has 5 nitrogen and oxygen atoms in total. The zero-order valence-electron chi connectivity index (χ0n) is 15.8. The number of benzene rings is 3. The maximum absolute atomic E-state index is 11.8. The lowest BCUT2D eigenvalue weighted by Crippen LogP contribution is -1.99. The van der Waals surface area contributed by atoms with Crippen LogP contribution in [0.5, 0.6) is 0 Å². The summed E-state index contributed by atoms with van der Waals surface area (Å²) >= 11 is 0. The lowest BCUT2D eigenvalue weighted by atomic mass is 10.1. The second kappa shape index (κ2) is 6.63. The smallest absolute Gasteiger partial charge is 0.337 e. The molecular weight excluding hydrogens is 364 g/mol. The maximum Gasteiger partial charge on any atom is 0.337 e. The molecule has 0 bridgehead atoms. The van der Waals surface area contributed by atoms with Gasteiger partial charge in [0.25, 0.3) is 0 Å². The number of nitrogens with zero attached hydrogens (tertiary/aromatic N) is 2. The van der Waals surface area contributed by atoms with Crippen molar-refractivity contribution < 1.29 is 14.3 Å². The third-order valence-corrected chi connectivity index (χ3v) is 5.15. The van der Waals surface area contributed by atoms with Gasteiger partial charge in [-0.15, -0.1) is 0 Å². The van der Waals surface area contributed by atoms with Gasteiger partial charge in [-0.2, -0.15) is 0 Å². The van der Waals surface area contributed by atoms with E-state index in [9.17, 15) is 9.90 Å². The van der Waals surface area contributed by atoms with Gasteiger partial charge in [0.05, 0.1) is 11.8 Å². The Balaban J connectivity index is 1.63. The standard InChI is InChI=1S/C24H18N2O3/c1-15-12-25-23(29-15)19-8-9-20-21(24(27)28)14-26(22(20)11-19)13-16-6-7-17-4-2-3-5-18(17)10-16/h2-12,14H,13H2,1H3,(H,27,28). The molecule has 2 aromatic heterocycles. The second-order valence-corrected chi connectivity index (χ2v) is 7.17. The third-order valence-electron chi connectivity index (χ3n) is 5.15. The van der Waals surface area contributed by atoms with Crippen LogP contribution in [-0.4, -0.2) is 20.6 Å². The number of carboxylic acid groups (broad SMARTS) is 1. The lowest BCUT2D eigenvalue weighted by Gasteiger charge is -2.08. The van der Waals surface area contributed by atoms with E-state index in [0.29, 0.717) is 17.8 Å². The van der Waals surface area contributed by atoms with E-state index in [1.54, 1.807) is 12.4 Å². The molecule has 0 aliphatic carbocycles. The molecule has 0 aliphatic rings. The summed E-state index contributed by atoms with van der Waals surface area (Å²) < 4.78 is 7.62. The summed E-state index contributed by atoms with van der Waals surface area (Å²) in [4.78, 5) is 16.1. The fourth-order valence-corrected chi connectivity index (χ4v) is 3.75. The zero-order chi connectivity index (χ0) is 20.0.